The predicted octanol–water partition coefficient (Wildman–Crippen LogP) is 3.22. The van der Waals surface area contributed by atoms with E-state index >= 15 is 0 Å². The largest absolute Gasteiger partial charge is 0.416 e. The first-order valence-electron chi connectivity index (χ1n) is 6.40. The van der Waals surface area contributed by atoms with Crippen LogP contribution in [0.3, 0.4) is 0 Å². The molecule has 0 amide bonds. The van der Waals surface area contributed by atoms with Gasteiger partial charge in [0.25, 0.3) is 0 Å². The fraction of sp³-hybridized carbons (Fsp3) is 0.385. The molecule has 0 unspecified atom stereocenters. The van der Waals surface area contributed by atoms with Gasteiger partial charge in [-0.3, -0.25) is 0 Å². The van der Waals surface area contributed by atoms with Crippen molar-refractivity contribution in [3.63, 3.8) is 0 Å². The summed E-state index contributed by atoms with van der Waals surface area (Å²) in [6.45, 7) is 0.610. The molecular weight excluding hydrogens is 305 g/mol. The van der Waals surface area contributed by atoms with E-state index in [1.807, 2.05) is 0 Å². The molecule has 2 N–H and O–H groups in total. The molecule has 0 bridgehead atoms. The first-order valence-corrected chi connectivity index (χ1v) is 6.78. The van der Waals surface area contributed by atoms with Gasteiger partial charge in [-0.25, -0.2) is 4.68 Å². The van der Waals surface area contributed by atoms with Crippen LogP contribution in [0.4, 0.5) is 13.2 Å². The van der Waals surface area contributed by atoms with Crippen molar-refractivity contribution in [2.45, 2.75) is 25.4 Å². The van der Waals surface area contributed by atoms with Gasteiger partial charge in [-0.2, -0.15) is 13.2 Å². The molecule has 1 aromatic heterocycles. The number of hydrogen-bond donors (Lipinski definition) is 1. The van der Waals surface area contributed by atoms with Crippen molar-refractivity contribution in [2.75, 3.05) is 6.54 Å². The molecule has 1 heterocycles. The molecular formula is C13H14ClF3N4. The smallest absolute Gasteiger partial charge is 0.330 e. The van der Waals surface area contributed by atoms with Crippen LogP contribution in [0.15, 0.2) is 24.4 Å². The van der Waals surface area contributed by atoms with Crippen molar-refractivity contribution >= 4 is 11.6 Å². The lowest BCUT2D eigenvalue weighted by Gasteiger charge is -2.09. The summed E-state index contributed by atoms with van der Waals surface area (Å²) in [5, 5.41) is 7.83. The van der Waals surface area contributed by atoms with Crippen LogP contribution in [0.5, 0.6) is 0 Å². The molecule has 0 atom stereocenters. The molecule has 4 nitrogen and oxygen atoms in total. The van der Waals surface area contributed by atoms with Crippen molar-refractivity contribution in [1.82, 2.24) is 15.0 Å². The summed E-state index contributed by atoms with van der Waals surface area (Å²) in [6, 6.07) is 3.13. The second-order valence-corrected chi connectivity index (χ2v) is 4.97. The molecule has 0 aliphatic carbocycles. The summed E-state index contributed by atoms with van der Waals surface area (Å²) >= 11 is 5.90. The summed E-state index contributed by atoms with van der Waals surface area (Å²) in [7, 11) is 0. The van der Waals surface area contributed by atoms with Gasteiger partial charge in [0.1, 0.15) is 0 Å². The molecule has 1 aromatic carbocycles. The van der Waals surface area contributed by atoms with E-state index in [1.165, 1.54) is 10.7 Å². The highest BCUT2D eigenvalue weighted by molar-refractivity contribution is 6.32. The van der Waals surface area contributed by atoms with Gasteiger partial charge in [0, 0.05) is 0 Å². The fourth-order valence-electron chi connectivity index (χ4n) is 1.85. The van der Waals surface area contributed by atoms with Gasteiger partial charge in [-0.05, 0) is 44.0 Å². The number of halogens is 4. The van der Waals surface area contributed by atoms with Crippen LogP contribution in [0.1, 0.15) is 24.1 Å². The van der Waals surface area contributed by atoms with Crippen LogP contribution < -0.4 is 5.73 Å². The molecule has 2 aromatic rings. The van der Waals surface area contributed by atoms with E-state index in [9.17, 15) is 13.2 Å². The number of alkyl halides is 3. The quantitative estimate of drug-likeness (QED) is 0.861. The fourth-order valence-corrected chi connectivity index (χ4v) is 2.12. The number of nitrogens with two attached hydrogens (primary N) is 1. The number of aromatic nitrogens is 3. The van der Waals surface area contributed by atoms with Gasteiger partial charge in [0.15, 0.2) is 0 Å². The number of aryl methyl sites for hydroxylation is 1. The van der Waals surface area contributed by atoms with Crippen LogP contribution in [0.25, 0.3) is 5.69 Å². The monoisotopic (exact) mass is 318 g/mol. The summed E-state index contributed by atoms with van der Waals surface area (Å²) in [4.78, 5) is 0. The van der Waals surface area contributed by atoms with Crippen LogP contribution in [-0.4, -0.2) is 21.5 Å². The van der Waals surface area contributed by atoms with E-state index in [0.717, 1.165) is 37.1 Å². The molecule has 0 aliphatic heterocycles. The Labute approximate surface area is 124 Å². The zero-order chi connectivity index (χ0) is 15.5. The highest BCUT2D eigenvalue weighted by atomic mass is 35.5. The molecule has 0 saturated carbocycles. The standard InChI is InChI=1S/C13H14ClF3N4/c14-11-7-9(13(15,16)17)4-5-12(11)21-8-10(19-20-21)3-1-2-6-18/h4-5,7-8H,1-3,6,18H2. The summed E-state index contributed by atoms with van der Waals surface area (Å²) in [5.74, 6) is 0. The second kappa shape index (κ2) is 6.44. The van der Waals surface area contributed by atoms with Crippen LogP contribution in [-0.2, 0) is 12.6 Å². The Kier molecular flexibility index (Phi) is 4.84. The third-order valence-electron chi connectivity index (χ3n) is 2.95. The normalized spacial score (nSPS) is 11.9. The summed E-state index contributed by atoms with van der Waals surface area (Å²) in [5.41, 5.74) is 5.73. The summed E-state index contributed by atoms with van der Waals surface area (Å²) < 4.78 is 39.1. The molecule has 8 heteroatoms. The number of benzene rings is 1. The molecule has 21 heavy (non-hydrogen) atoms. The predicted molar refractivity (Wildman–Crippen MR) is 73.4 cm³/mol. The van der Waals surface area contributed by atoms with E-state index < -0.39 is 11.7 Å². The van der Waals surface area contributed by atoms with Crippen molar-refractivity contribution < 1.29 is 13.2 Å². The Hall–Kier alpha value is -1.60. The Morgan fingerprint density at radius 2 is 2.00 bits per heavy atom. The molecule has 0 saturated heterocycles. The molecule has 0 spiro atoms. The minimum atomic E-state index is -4.42. The number of nitrogens with zero attached hydrogens (tertiary/aromatic N) is 3. The lowest BCUT2D eigenvalue weighted by Crippen LogP contribution is -2.06. The maximum atomic E-state index is 12.6. The zero-order valence-electron chi connectivity index (χ0n) is 11.1. The van der Waals surface area contributed by atoms with Gasteiger partial charge < -0.3 is 5.73 Å². The van der Waals surface area contributed by atoms with Crippen molar-refractivity contribution in [1.29, 1.82) is 0 Å². The minimum Gasteiger partial charge on any atom is -0.330 e. The minimum absolute atomic E-state index is 0.0248. The van der Waals surface area contributed by atoms with E-state index in [2.05, 4.69) is 10.3 Å². The topological polar surface area (TPSA) is 56.7 Å². The average molecular weight is 319 g/mol. The zero-order valence-corrected chi connectivity index (χ0v) is 11.8. The maximum Gasteiger partial charge on any atom is 0.416 e. The van der Waals surface area contributed by atoms with Gasteiger partial charge in [-0.15, -0.1) is 5.10 Å². The van der Waals surface area contributed by atoms with Crippen molar-refractivity contribution in [2.24, 2.45) is 5.73 Å². The Bertz CT molecular complexity index is 610. The van der Waals surface area contributed by atoms with Crippen molar-refractivity contribution in [3.05, 3.63) is 40.7 Å². The Morgan fingerprint density at radius 1 is 1.24 bits per heavy atom. The average Bonchev–Trinajstić information content (AvgIpc) is 2.86. The third-order valence-corrected chi connectivity index (χ3v) is 3.25. The second-order valence-electron chi connectivity index (χ2n) is 4.56. The SMILES string of the molecule is NCCCCc1cn(-c2ccc(C(F)(F)F)cc2Cl)nn1. The Morgan fingerprint density at radius 3 is 2.62 bits per heavy atom. The van der Waals surface area contributed by atoms with Gasteiger partial charge in [0.2, 0.25) is 0 Å². The summed E-state index contributed by atoms with van der Waals surface area (Å²) in [6.07, 6.45) is -0.276. The molecule has 2 rings (SSSR count). The lowest BCUT2D eigenvalue weighted by atomic mass is 10.2. The van der Waals surface area contributed by atoms with Gasteiger partial charge in [0.05, 0.1) is 28.2 Å². The number of rotatable bonds is 5. The van der Waals surface area contributed by atoms with Gasteiger partial charge in [-0.1, -0.05) is 16.8 Å². The van der Waals surface area contributed by atoms with E-state index in [-0.39, 0.29) is 5.02 Å². The number of unbranched alkanes of at least 4 members (excludes halogenated alkanes) is 1. The van der Waals surface area contributed by atoms with E-state index in [0.29, 0.717) is 12.2 Å². The van der Waals surface area contributed by atoms with Crippen LogP contribution in [0, 0.1) is 0 Å². The molecule has 114 valence electrons. The van der Waals surface area contributed by atoms with E-state index in [4.69, 9.17) is 17.3 Å². The Balaban J connectivity index is 2.19. The third kappa shape index (κ3) is 3.95. The van der Waals surface area contributed by atoms with Crippen molar-refractivity contribution in [3.8, 4) is 5.69 Å². The van der Waals surface area contributed by atoms with Crippen LogP contribution >= 0.6 is 11.6 Å². The van der Waals surface area contributed by atoms with Crippen LogP contribution in [0.2, 0.25) is 5.02 Å². The first-order chi connectivity index (χ1) is 9.91. The van der Waals surface area contributed by atoms with Gasteiger partial charge >= 0.3 is 6.18 Å². The highest BCUT2D eigenvalue weighted by Gasteiger charge is 2.31. The first kappa shape index (κ1) is 15.8. The van der Waals surface area contributed by atoms with E-state index in [1.54, 1.807) is 6.20 Å². The highest BCUT2D eigenvalue weighted by Crippen LogP contribution is 2.32. The molecule has 0 fully saturated rings. The molecule has 0 aliphatic rings. The lowest BCUT2D eigenvalue weighted by molar-refractivity contribution is -0.137. The maximum absolute atomic E-state index is 12.6. The number of hydrogen-bond acceptors (Lipinski definition) is 3. The molecule has 0 radical (unpaired) electrons.